The van der Waals surface area contributed by atoms with Crippen LogP contribution < -0.4 is 4.74 Å². The van der Waals surface area contributed by atoms with Crippen LogP contribution in [0.25, 0.3) is 0 Å². The predicted octanol–water partition coefficient (Wildman–Crippen LogP) is 3.40. The van der Waals surface area contributed by atoms with Gasteiger partial charge in [0.25, 0.3) is 0 Å². The van der Waals surface area contributed by atoms with Crippen LogP contribution in [0, 0.1) is 17.7 Å². The molecule has 2 aromatic rings. The van der Waals surface area contributed by atoms with Gasteiger partial charge in [-0.05, 0) is 18.2 Å². The van der Waals surface area contributed by atoms with E-state index in [9.17, 15) is 4.39 Å². The Kier molecular flexibility index (Phi) is 5.00. The van der Waals surface area contributed by atoms with Gasteiger partial charge in [-0.3, -0.25) is 0 Å². The lowest BCUT2D eigenvalue weighted by Gasteiger charge is -2.08. The van der Waals surface area contributed by atoms with Gasteiger partial charge in [0.15, 0.2) is 0 Å². The Hall–Kier alpha value is -2.02. The van der Waals surface area contributed by atoms with Gasteiger partial charge in [0.1, 0.15) is 24.8 Å². The van der Waals surface area contributed by atoms with Crippen molar-refractivity contribution in [3.05, 3.63) is 64.4 Å². The van der Waals surface area contributed by atoms with Gasteiger partial charge in [-0.1, -0.05) is 41.6 Å². The van der Waals surface area contributed by atoms with Crippen molar-refractivity contribution in [1.29, 1.82) is 0 Å². The van der Waals surface area contributed by atoms with E-state index >= 15 is 0 Å². The maximum absolute atomic E-state index is 13.7. The maximum Gasteiger partial charge on any atom is 0.142 e. The summed E-state index contributed by atoms with van der Waals surface area (Å²) >= 11 is 6.01. The minimum absolute atomic E-state index is 0.226. The Morgan fingerprint density at radius 1 is 1.20 bits per heavy atom. The molecule has 0 radical (unpaired) electrons. The van der Waals surface area contributed by atoms with Gasteiger partial charge >= 0.3 is 0 Å². The van der Waals surface area contributed by atoms with Crippen molar-refractivity contribution in [2.45, 2.75) is 6.61 Å². The SMILES string of the molecule is OCC#Cc1ccc(OCc2ccccc2Cl)cc1F. The second kappa shape index (κ2) is 6.95. The minimum atomic E-state index is -0.484. The van der Waals surface area contributed by atoms with Crippen LogP contribution in [-0.4, -0.2) is 11.7 Å². The summed E-state index contributed by atoms with van der Waals surface area (Å²) in [5.41, 5.74) is 1.06. The number of ether oxygens (including phenoxy) is 1. The summed E-state index contributed by atoms with van der Waals surface area (Å²) < 4.78 is 19.2. The van der Waals surface area contributed by atoms with E-state index in [1.807, 2.05) is 18.2 Å². The van der Waals surface area contributed by atoms with Crippen LogP contribution in [0.3, 0.4) is 0 Å². The highest BCUT2D eigenvalue weighted by Gasteiger charge is 2.04. The highest BCUT2D eigenvalue weighted by atomic mass is 35.5. The van der Waals surface area contributed by atoms with Crippen LogP contribution >= 0.6 is 11.6 Å². The molecule has 2 nitrogen and oxygen atoms in total. The molecule has 0 aliphatic heterocycles. The third kappa shape index (κ3) is 3.74. The minimum Gasteiger partial charge on any atom is -0.489 e. The van der Waals surface area contributed by atoms with Gasteiger partial charge in [0.2, 0.25) is 0 Å². The van der Waals surface area contributed by atoms with Crippen molar-refractivity contribution in [3.63, 3.8) is 0 Å². The van der Waals surface area contributed by atoms with Gasteiger partial charge in [-0.25, -0.2) is 4.39 Å². The lowest BCUT2D eigenvalue weighted by atomic mass is 10.2. The molecule has 0 aromatic heterocycles. The molecule has 0 aliphatic carbocycles. The second-order valence-corrected chi connectivity index (χ2v) is 4.39. The van der Waals surface area contributed by atoms with E-state index < -0.39 is 5.82 Å². The van der Waals surface area contributed by atoms with Crippen molar-refractivity contribution in [2.75, 3.05) is 6.61 Å². The molecule has 20 heavy (non-hydrogen) atoms. The van der Waals surface area contributed by atoms with E-state index in [1.165, 1.54) is 12.1 Å². The van der Waals surface area contributed by atoms with Gasteiger partial charge in [0.05, 0.1) is 5.56 Å². The fraction of sp³-hybridized carbons (Fsp3) is 0.125. The highest BCUT2D eigenvalue weighted by molar-refractivity contribution is 6.31. The predicted molar refractivity (Wildman–Crippen MR) is 76.1 cm³/mol. The average molecular weight is 291 g/mol. The Balaban J connectivity index is 2.08. The van der Waals surface area contributed by atoms with Crippen LogP contribution in [0.4, 0.5) is 4.39 Å². The molecular weight excluding hydrogens is 279 g/mol. The normalized spacial score (nSPS) is 9.75. The van der Waals surface area contributed by atoms with Crippen molar-refractivity contribution >= 4 is 11.6 Å². The first kappa shape index (κ1) is 14.4. The van der Waals surface area contributed by atoms with Crippen molar-refractivity contribution in [1.82, 2.24) is 0 Å². The van der Waals surface area contributed by atoms with Gasteiger partial charge < -0.3 is 9.84 Å². The quantitative estimate of drug-likeness (QED) is 0.878. The summed E-state index contributed by atoms with van der Waals surface area (Å²) in [6.07, 6.45) is 0. The molecule has 102 valence electrons. The molecule has 2 rings (SSSR count). The average Bonchev–Trinajstić information content (AvgIpc) is 2.45. The van der Waals surface area contributed by atoms with Gasteiger partial charge in [0, 0.05) is 16.7 Å². The molecular formula is C16H12ClFO2. The molecule has 0 spiro atoms. The third-order valence-electron chi connectivity index (χ3n) is 2.59. The van der Waals surface area contributed by atoms with Crippen LogP contribution in [0.5, 0.6) is 5.75 Å². The fourth-order valence-corrected chi connectivity index (χ4v) is 1.79. The van der Waals surface area contributed by atoms with Crippen LogP contribution in [0.2, 0.25) is 5.02 Å². The molecule has 0 unspecified atom stereocenters. The zero-order valence-electron chi connectivity index (χ0n) is 10.6. The molecule has 0 saturated heterocycles. The first-order chi connectivity index (χ1) is 9.70. The topological polar surface area (TPSA) is 29.5 Å². The lowest BCUT2D eigenvalue weighted by Crippen LogP contribution is -1.97. The summed E-state index contributed by atoms with van der Waals surface area (Å²) in [6.45, 7) is -0.0367. The number of hydrogen-bond donors (Lipinski definition) is 1. The van der Waals surface area contributed by atoms with Crippen molar-refractivity contribution in [3.8, 4) is 17.6 Å². The van der Waals surface area contributed by atoms with E-state index in [2.05, 4.69) is 11.8 Å². The van der Waals surface area contributed by atoms with Crippen molar-refractivity contribution < 1.29 is 14.2 Å². The second-order valence-electron chi connectivity index (χ2n) is 3.98. The standard InChI is InChI=1S/C16H12ClFO2/c17-15-6-2-1-4-13(15)11-20-14-8-7-12(5-3-9-19)16(18)10-14/h1-2,4,6-8,10,19H,9,11H2. The number of rotatable bonds is 3. The Bertz CT molecular complexity index is 659. The fourth-order valence-electron chi connectivity index (χ4n) is 1.60. The highest BCUT2D eigenvalue weighted by Crippen LogP contribution is 2.20. The Morgan fingerprint density at radius 3 is 2.70 bits per heavy atom. The maximum atomic E-state index is 13.7. The third-order valence-corrected chi connectivity index (χ3v) is 2.96. The number of benzene rings is 2. The molecule has 2 aromatic carbocycles. The first-order valence-electron chi connectivity index (χ1n) is 5.96. The van der Waals surface area contributed by atoms with Gasteiger partial charge in [-0.15, -0.1) is 0 Å². The van der Waals surface area contributed by atoms with E-state index in [4.69, 9.17) is 21.4 Å². The zero-order chi connectivity index (χ0) is 14.4. The molecule has 0 saturated carbocycles. The lowest BCUT2D eigenvalue weighted by molar-refractivity contribution is 0.304. The molecule has 0 heterocycles. The first-order valence-corrected chi connectivity index (χ1v) is 6.34. The number of aliphatic hydroxyl groups excluding tert-OH is 1. The van der Waals surface area contributed by atoms with Gasteiger partial charge in [-0.2, -0.15) is 0 Å². The summed E-state index contributed by atoms with van der Waals surface area (Å²) in [7, 11) is 0. The smallest absolute Gasteiger partial charge is 0.142 e. The Labute approximate surface area is 121 Å². The summed E-state index contributed by atoms with van der Waals surface area (Å²) in [5, 5.41) is 9.19. The van der Waals surface area contributed by atoms with Crippen LogP contribution in [0.1, 0.15) is 11.1 Å². The number of aliphatic hydroxyl groups is 1. The molecule has 0 aliphatic rings. The van der Waals surface area contributed by atoms with Crippen LogP contribution in [-0.2, 0) is 6.61 Å². The largest absolute Gasteiger partial charge is 0.489 e. The number of hydrogen-bond acceptors (Lipinski definition) is 2. The molecule has 0 amide bonds. The summed E-state index contributed by atoms with van der Waals surface area (Å²) in [4.78, 5) is 0. The van der Waals surface area contributed by atoms with Crippen LogP contribution in [0.15, 0.2) is 42.5 Å². The van der Waals surface area contributed by atoms with E-state index in [1.54, 1.807) is 12.1 Å². The van der Waals surface area contributed by atoms with E-state index in [0.29, 0.717) is 10.8 Å². The molecule has 1 N–H and O–H groups in total. The summed E-state index contributed by atoms with van der Waals surface area (Å²) in [5.74, 6) is 4.83. The monoisotopic (exact) mass is 290 g/mol. The van der Waals surface area contributed by atoms with E-state index in [-0.39, 0.29) is 18.8 Å². The molecule has 0 atom stereocenters. The molecule has 4 heteroatoms. The van der Waals surface area contributed by atoms with Crippen molar-refractivity contribution in [2.24, 2.45) is 0 Å². The molecule has 0 bridgehead atoms. The zero-order valence-corrected chi connectivity index (χ0v) is 11.3. The number of halogens is 2. The molecule has 0 fully saturated rings. The Morgan fingerprint density at radius 2 is 2.00 bits per heavy atom. The summed E-state index contributed by atoms with van der Waals surface area (Å²) in [6, 6.07) is 11.7. The van der Waals surface area contributed by atoms with E-state index in [0.717, 1.165) is 5.56 Å².